The molecule has 1 aromatic rings. The lowest BCUT2D eigenvalue weighted by Gasteiger charge is -2.18. The third-order valence-electron chi connectivity index (χ3n) is 2.59. The van der Waals surface area contributed by atoms with E-state index in [0.29, 0.717) is 30.5 Å². The van der Waals surface area contributed by atoms with Crippen LogP contribution in [0.25, 0.3) is 0 Å². The maximum Gasteiger partial charge on any atom is 0.203 e. The van der Waals surface area contributed by atoms with Crippen molar-refractivity contribution in [2.24, 2.45) is 0 Å². The monoisotopic (exact) mass is 255 g/mol. The lowest BCUT2D eigenvalue weighted by atomic mass is 10.3. The Labute approximate surface area is 108 Å². The Hall–Kier alpha value is -1.46. The molecule has 0 aliphatic heterocycles. The summed E-state index contributed by atoms with van der Waals surface area (Å²) in [7, 11) is 6.74. The average molecular weight is 255 g/mol. The van der Waals surface area contributed by atoms with Crippen LogP contribution < -0.4 is 19.5 Å². The average Bonchev–Trinajstić information content (AvgIpc) is 2.42. The summed E-state index contributed by atoms with van der Waals surface area (Å²) in [6.45, 7) is 1.05. The summed E-state index contributed by atoms with van der Waals surface area (Å²) in [6.07, 6.45) is 0. The number of rotatable bonds is 8. The summed E-state index contributed by atoms with van der Waals surface area (Å²) in [6, 6.07) is 5.64. The zero-order chi connectivity index (χ0) is 13.4. The van der Waals surface area contributed by atoms with Gasteiger partial charge in [0.1, 0.15) is 6.61 Å². The van der Waals surface area contributed by atoms with Gasteiger partial charge in [-0.2, -0.15) is 0 Å². The van der Waals surface area contributed by atoms with Gasteiger partial charge in [-0.15, -0.1) is 0 Å². The molecule has 1 atom stereocenters. The molecular formula is C13H21NO4. The Bertz CT molecular complexity index is 335. The number of likely N-dealkylation sites (N-methyl/N-ethyl adjacent to an activating group) is 1. The highest BCUT2D eigenvalue weighted by Gasteiger charge is 2.13. The van der Waals surface area contributed by atoms with Gasteiger partial charge in [-0.25, -0.2) is 0 Å². The van der Waals surface area contributed by atoms with Gasteiger partial charge < -0.3 is 24.3 Å². The molecular weight excluding hydrogens is 234 g/mol. The first-order chi connectivity index (χ1) is 8.76. The van der Waals surface area contributed by atoms with E-state index in [4.69, 9.17) is 18.9 Å². The summed E-state index contributed by atoms with van der Waals surface area (Å²) in [5, 5.41) is 3.12. The van der Waals surface area contributed by atoms with E-state index in [0.717, 1.165) is 0 Å². The van der Waals surface area contributed by atoms with Crippen molar-refractivity contribution in [3.8, 4) is 17.2 Å². The van der Waals surface area contributed by atoms with Crippen LogP contribution in [0.2, 0.25) is 0 Å². The van der Waals surface area contributed by atoms with Crippen LogP contribution in [0.5, 0.6) is 17.2 Å². The Morgan fingerprint density at radius 3 is 2.11 bits per heavy atom. The predicted octanol–water partition coefficient (Wildman–Crippen LogP) is 1.32. The van der Waals surface area contributed by atoms with E-state index >= 15 is 0 Å². The van der Waals surface area contributed by atoms with Gasteiger partial charge in [-0.3, -0.25) is 0 Å². The van der Waals surface area contributed by atoms with Gasteiger partial charge in [0.2, 0.25) is 5.75 Å². The topological polar surface area (TPSA) is 49.0 Å². The minimum atomic E-state index is 0.115. The standard InChI is InChI=1S/C13H21NO4/c1-14-10(8-15-2)9-18-13-11(16-3)6-5-7-12(13)17-4/h5-7,10,14H,8-9H2,1-4H3. The zero-order valence-electron chi connectivity index (χ0n) is 11.4. The highest BCUT2D eigenvalue weighted by Crippen LogP contribution is 2.36. The molecule has 5 heteroatoms. The molecule has 1 aromatic carbocycles. The van der Waals surface area contributed by atoms with Gasteiger partial charge in [0.25, 0.3) is 0 Å². The van der Waals surface area contributed by atoms with Crippen LogP contribution in [0.4, 0.5) is 0 Å². The number of ether oxygens (including phenoxy) is 4. The van der Waals surface area contributed by atoms with E-state index in [1.807, 2.05) is 25.2 Å². The fourth-order valence-corrected chi connectivity index (χ4v) is 1.56. The number of methoxy groups -OCH3 is 3. The van der Waals surface area contributed by atoms with Crippen LogP contribution in [0, 0.1) is 0 Å². The lowest BCUT2D eigenvalue weighted by molar-refractivity contribution is 0.137. The van der Waals surface area contributed by atoms with E-state index in [1.54, 1.807) is 21.3 Å². The molecule has 0 spiro atoms. The van der Waals surface area contributed by atoms with Gasteiger partial charge in [0.05, 0.1) is 26.9 Å². The summed E-state index contributed by atoms with van der Waals surface area (Å²) < 4.78 is 21.4. The number of para-hydroxylation sites is 1. The molecule has 18 heavy (non-hydrogen) atoms. The molecule has 1 rings (SSSR count). The SMILES string of the molecule is CNC(COC)COc1c(OC)cccc1OC. The molecule has 0 aliphatic carbocycles. The zero-order valence-corrected chi connectivity index (χ0v) is 11.4. The Kier molecular flexibility index (Phi) is 6.32. The maximum atomic E-state index is 5.76. The van der Waals surface area contributed by atoms with E-state index in [1.165, 1.54) is 0 Å². The largest absolute Gasteiger partial charge is 0.493 e. The highest BCUT2D eigenvalue weighted by atomic mass is 16.5. The van der Waals surface area contributed by atoms with Crippen LogP contribution in [-0.4, -0.2) is 47.6 Å². The fourth-order valence-electron chi connectivity index (χ4n) is 1.56. The molecule has 0 amide bonds. The van der Waals surface area contributed by atoms with Crippen molar-refractivity contribution in [2.75, 3.05) is 41.6 Å². The first-order valence-electron chi connectivity index (χ1n) is 5.76. The summed E-state index contributed by atoms with van der Waals surface area (Å²) >= 11 is 0. The molecule has 5 nitrogen and oxygen atoms in total. The molecule has 102 valence electrons. The normalized spacial score (nSPS) is 12.0. The smallest absolute Gasteiger partial charge is 0.203 e. The second-order valence-electron chi connectivity index (χ2n) is 3.74. The number of benzene rings is 1. The summed E-state index contributed by atoms with van der Waals surface area (Å²) in [5.41, 5.74) is 0. The summed E-state index contributed by atoms with van der Waals surface area (Å²) in [4.78, 5) is 0. The molecule has 0 fully saturated rings. The van der Waals surface area contributed by atoms with Crippen LogP contribution in [0.1, 0.15) is 0 Å². The van der Waals surface area contributed by atoms with E-state index < -0.39 is 0 Å². The van der Waals surface area contributed by atoms with Gasteiger partial charge in [-0.1, -0.05) is 6.07 Å². The van der Waals surface area contributed by atoms with Gasteiger partial charge in [0.15, 0.2) is 11.5 Å². The molecule has 0 saturated carbocycles. The molecule has 0 aliphatic rings. The first kappa shape index (κ1) is 14.6. The minimum Gasteiger partial charge on any atom is -0.493 e. The van der Waals surface area contributed by atoms with Crippen molar-refractivity contribution in [1.82, 2.24) is 5.32 Å². The third-order valence-corrected chi connectivity index (χ3v) is 2.59. The third kappa shape index (κ3) is 3.78. The molecule has 0 bridgehead atoms. The number of hydrogen-bond acceptors (Lipinski definition) is 5. The van der Waals surface area contributed by atoms with Crippen LogP contribution in [0.15, 0.2) is 18.2 Å². The number of hydrogen-bond donors (Lipinski definition) is 1. The summed E-state index contributed by atoms with van der Waals surface area (Å²) in [5.74, 6) is 1.92. The Balaban J connectivity index is 2.75. The molecule has 1 N–H and O–H groups in total. The van der Waals surface area contributed by atoms with Gasteiger partial charge in [0, 0.05) is 7.11 Å². The van der Waals surface area contributed by atoms with Crippen molar-refractivity contribution < 1.29 is 18.9 Å². The second-order valence-corrected chi connectivity index (χ2v) is 3.74. The van der Waals surface area contributed by atoms with Crippen molar-refractivity contribution in [3.05, 3.63) is 18.2 Å². The van der Waals surface area contributed by atoms with Gasteiger partial charge in [-0.05, 0) is 19.2 Å². The van der Waals surface area contributed by atoms with E-state index in [9.17, 15) is 0 Å². The molecule has 0 radical (unpaired) electrons. The van der Waals surface area contributed by atoms with Gasteiger partial charge >= 0.3 is 0 Å². The van der Waals surface area contributed by atoms with Crippen molar-refractivity contribution in [2.45, 2.75) is 6.04 Å². The van der Waals surface area contributed by atoms with Crippen molar-refractivity contribution in [1.29, 1.82) is 0 Å². The Morgan fingerprint density at radius 1 is 1.06 bits per heavy atom. The Morgan fingerprint density at radius 2 is 1.67 bits per heavy atom. The molecule has 1 unspecified atom stereocenters. The van der Waals surface area contributed by atoms with Crippen molar-refractivity contribution in [3.63, 3.8) is 0 Å². The molecule has 0 aromatic heterocycles. The first-order valence-corrected chi connectivity index (χ1v) is 5.76. The number of nitrogens with one attached hydrogen (secondary N) is 1. The quantitative estimate of drug-likeness (QED) is 0.759. The minimum absolute atomic E-state index is 0.115. The highest BCUT2D eigenvalue weighted by molar-refractivity contribution is 5.51. The van der Waals surface area contributed by atoms with Crippen LogP contribution in [-0.2, 0) is 4.74 Å². The van der Waals surface area contributed by atoms with Crippen molar-refractivity contribution >= 4 is 0 Å². The molecule has 0 saturated heterocycles. The maximum absolute atomic E-state index is 5.76. The van der Waals surface area contributed by atoms with E-state index in [-0.39, 0.29) is 6.04 Å². The van der Waals surface area contributed by atoms with Crippen LogP contribution in [0.3, 0.4) is 0 Å². The fraction of sp³-hybridized carbons (Fsp3) is 0.538. The second kappa shape index (κ2) is 7.79. The van der Waals surface area contributed by atoms with Crippen LogP contribution >= 0.6 is 0 Å². The molecule has 0 heterocycles. The van der Waals surface area contributed by atoms with E-state index in [2.05, 4.69) is 5.32 Å². The predicted molar refractivity (Wildman–Crippen MR) is 69.8 cm³/mol. The lowest BCUT2D eigenvalue weighted by Crippen LogP contribution is -2.35.